The van der Waals surface area contributed by atoms with Crippen LogP contribution in [0.5, 0.6) is 5.75 Å². The number of aliphatic carboxylic acids is 1. The Hall–Kier alpha value is -2.24. The lowest BCUT2D eigenvalue weighted by molar-refractivity contribution is -0.139. The predicted octanol–water partition coefficient (Wildman–Crippen LogP) is 0.691. The second-order valence-corrected chi connectivity index (χ2v) is 3.12. The molecule has 16 heavy (non-hydrogen) atoms. The highest BCUT2D eigenvalue weighted by Gasteiger charge is 2.05. The molecule has 86 valence electrons. The zero-order valence-electron chi connectivity index (χ0n) is 8.69. The third-order valence-electron chi connectivity index (χ3n) is 1.68. The van der Waals surface area contributed by atoms with E-state index >= 15 is 0 Å². The number of benzene rings is 1. The summed E-state index contributed by atoms with van der Waals surface area (Å²) >= 11 is 0. The van der Waals surface area contributed by atoms with Crippen LogP contribution in [0.4, 0.5) is 11.4 Å². The Labute approximate surface area is 92.0 Å². The summed E-state index contributed by atoms with van der Waals surface area (Å²) in [5.74, 6) is -1.01. The summed E-state index contributed by atoms with van der Waals surface area (Å²) in [4.78, 5) is 21.0. The van der Waals surface area contributed by atoms with Gasteiger partial charge in [-0.2, -0.15) is 0 Å². The van der Waals surface area contributed by atoms with Crippen molar-refractivity contribution in [1.82, 2.24) is 0 Å². The molecule has 6 nitrogen and oxygen atoms in total. The number of hydrogen-bond donors (Lipinski definition) is 3. The van der Waals surface area contributed by atoms with E-state index < -0.39 is 12.6 Å². The number of carboxylic acid groups (broad SMARTS) is 1. The van der Waals surface area contributed by atoms with Crippen molar-refractivity contribution in [2.24, 2.45) is 0 Å². The number of rotatable bonds is 4. The number of nitrogens with one attached hydrogen (secondary N) is 1. The second kappa shape index (κ2) is 5.01. The normalized spacial score (nSPS) is 9.56. The fourth-order valence-corrected chi connectivity index (χ4v) is 1.10. The summed E-state index contributed by atoms with van der Waals surface area (Å²) in [6, 6.07) is 4.58. The first-order valence-corrected chi connectivity index (χ1v) is 4.50. The van der Waals surface area contributed by atoms with Gasteiger partial charge in [-0.25, -0.2) is 4.79 Å². The van der Waals surface area contributed by atoms with Crippen molar-refractivity contribution >= 4 is 23.3 Å². The fourth-order valence-electron chi connectivity index (χ4n) is 1.10. The number of anilines is 2. The predicted molar refractivity (Wildman–Crippen MR) is 58.3 cm³/mol. The summed E-state index contributed by atoms with van der Waals surface area (Å²) in [5.41, 5.74) is 6.42. The molecule has 0 radical (unpaired) electrons. The summed E-state index contributed by atoms with van der Waals surface area (Å²) in [6.07, 6.45) is 0. The van der Waals surface area contributed by atoms with Gasteiger partial charge in [0.15, 0.2) is 6.61 Å². The molecule has 0 bridgehead atoms. The first kappa shape index (κ1) is 11.8. The highest BCUT2D eigenvalue weighted by atomic mass is 16.5. The number of nitrogen functional groups attached to an aromatic ring is 1. The Morgan fingerprint density at radius 3 is 2.69 bits per heavy atom. The molecule has 6 heteroatoms. The van der Waals surface area contributed by atoms with E-state index in [4.69, 9.17) is 15.6 Å². The van der Waals surface area contributed by atoms with Crippen LogP contribution in [0.25, 0.3) is 0 Å². The Balaban J connectivity index is 2.75. The molecule has 0 aliphatic rings. The quantitative estimate of drug-likeness (QED) is 0.653. The summed E-state index contributed by atoms with van der Waals surface area (Å²) in [5, 5.41) is 11.0. The van der Waals surface area contributed by atoms with Crippen molar-refractivity contribution in [2.45, 2.75) is 6.92 Å². The van der Waals surface area contributed by atoms with Crippen molar-refractivity contribution in [2.75, 3.05) is 17.7 Å². The van der Waals surface area contributed by atoms with Gasteiger partial charge in [0.2, 0.25) is 5.91 Å². The molecule has 0 heterocycles. The van der Waals surface area contributed by atoms with Gasteiger partial charge in [0.1, 0.15) is 5.75 Å². The SMILES string of the molecule is CC(=O)Nc1ccc(OCC(=O)O)c(N)c1. The van der Waals surface area contributed by atoms with Crippen molar-refractivity contribution in [1.29, 1.82) is 0 Å². The molecule has 0 unspecified atom stereocenters. The first-order chi connectivity index (χ1) is 7.49. The summed E-state index contributed by atoms with van der Waals surface area (Å²) in [6.45, 7) is 0.925. The Morgan fingerprint density at radius 2 is 2.19 bits per heavy atom. The number of carbonyl (C=O) groups is 2. The maximum absolute atomic E-state index is 10.8. The van der Waals surface area contributed by atoms with Gasteiger partial charge < -0.3 is 20.9 Å². The number of ether oxygens (including phenoxy) is 1. The monoisotopic (exact) mass is 224 g/mol. The Kier molecular flexibility index (Phi) is 3.71. The lowest BCUT2D eigenvalue weighted by Gasteiger charge is -2.08. The van der Waals surface area contributed by atoms with Gasteiger partial charge in [-0.15, -0.1) is 0 Å². The van der Waals surface area contributed by atoms with E-state index in [0.29, 0.717) is 5.69 Å². The number of carboxylic acids is 1. The van der Waals surface area contributed by atoms with E-state index in [-0.39, 0.29) is 17.3 Å². The Bertz CT molecular complexity index is 417. The van der Waals surface area contributed by atoms with E-state index in [1.165, 1.54) is 19.1 Å². The summed E-state index contributed by atoms with van der Waals surface area (Å²) < 4.78 is 4.92. The molecule has 0 saturated heterocycles. The van der Waals surface area contributed by atoms with Gasteiger partial charge in [0, 0.05) is 12.6 Å². The smallest absolute Gasteiger partial charge is 0.341 e. The average molecular weight is 224 g/mol. The molecule has 1 aromatic rings. The Morgan fingerprint density at radius 1 is 1.50 bits per heavy atom. The molecule has 0 spiro atoms. The second-order valence-electron chi connectivity index (χ2n) is 3.12. The minimum absolute atomic E-state index is 0.210. The maximum atomic E-state index is 10.8. The molecule has 1 aromatic carbocycles. The topological polar surface area (TPSA) is 102 Å². The van der Waals surface area contributed by atoms with E-state index in [1.807, 2.05) is 0 Å². The molecule has 1 rings (SSSR count). The van der Waals surface area contributed by atoms with E-state index in [1.54, 1.807) is 6.07 Å². The van der Waals surface area contributed by atoms with Gasteiger partial charge >= 0.3 is 5.97 Å². The third kappa shape index (κ3) is 3.49. The zero-order valence-corrected chi connectivity index (χ0v) is 8.69. The van der Waals surface area contributed by atoms with Crippen LogP contribution in [0, 0.1) is 0 Å². The van der Waals surface area contributed by atoms with Gasteiger partial charge in [-0.3, -0.25) is 4.79 Å². The van der Waals surface area contributed by atoms with Crippen molar-refractivity contribution < 1.29 is 19.4 Å². The molecule has 0 aromatic heterocycles. The van der Waals surface area contributed by atoms with Crippen LogP contribution in [-0.2, 0) is 9.59 Å². The van der Waals surface area contributed by atoms with Crippen LogP contribution in [0.1, 0.15) is 6.92 Å². The zero-order chi connectivity index (χ0) is 12.1. The van der Waals surface area contributed by atoms with E-state index in [0.717, 1.165) is 0 Å². The molecule has 0 saturated carbocycles. The van der Waals surface area contributed by atoms with Crippen LogP contribution in [0.15, 0.2) is 18.2 Å². The molecule has 0 fully saturated rings. The van der Waals surface area contributed by atoms with Crippen LogP contribution in [0.3, 0.4) is 0 Å². The van der Waals surface area contributed by atoms with E-state index in [2.05, 4.69) is 5.32 Å². The van der Waals surface area contributed by atoms with Crippen LogP contribution in [-0.4, -0.2) is 23.6 Å². The highest BCUT2D eigenvalue weighted by Crippen LogP contribution is 2.24. The standard InChI is InChI=1S/C10H12N2O4/c1-6(13)12-7-2-3-9(8(11)4-7)16-5-10(14)15/h2-4H,5,11H2,1H3,(H,12,13)(H,14,15). The number of hydrogen-bond acceptors (Lipinski definition) is 4. The third-order valence-corrected chi connectivity index (χ3v) is 1.68. The summed E-state index contributed by atoms with van der Waals surface area (Å²) in [7, 11) is 0. The van der Waals surface area contributed by atoms with Gasteiger partial charge in [0.25, 0.3) is 0 Å². The average Bonchev–Trinajstić information content (AvgIpc) is 2.15. The fraction of sp³-hybridized carbons (Fsp3) is 0.200. The lowest BCUT2D eigenvalue weighted by atomic mass is 10.2. The van der Waals surface area contributed by atoms with Crippen molar-refractivity contribution in [3.05, 3.63) is 18.2 Å². The van der Waals surface area contributed by atoms with E-state index in [9.17, 15) is 9.59 Å². The number of carbonyl (C=O) groups excluding carboxylic acids is 1. The molecule has 4 N–H and O–H groups in total. The number of amides is 1. The lowest BCUT2D eigenvalue weighted by Crippen LogP contribution is -2.11. The number of nitrogens with two attached hydrogens (primary N) is 1. The van der Waals surface area contributed by atoms with Gasteiger partial charge in [-0.05, 0) is 18.2 Å². The molecular formula is C10H12N2O4. The molecule has 0 aliphatic heterocycles. The van der Waals surface area contributed by atoms with Gasteiger partial charge in [-0.1, -0.05) is 0 Å². The molecular weight excluding hydrogens is 212 g/mol. The molecule has 0 aliphatic carbocycles. The van der Waals surface area contributed by atoms with Crippen molar-refractivity contribution in [3.63, 3.8) is 0 Å². The largest absolute Gasteiger partial charge is 0.480 e. The van der Waals surface area contributed by atoms with Crippen LogP contribution < -0.4 is 15.8 Å². The van der Waals surface area contributed by atoms with Gasteiger partial charge in [0.05, 0.1) is 5.69 Å². The molecule has 0 atom stereocenters. The van der Waals surface area contributed by atoms with Crippen LogP contribution in [0.2, 0.25) is 0 Å². The highest BCUT2D eigenvalue weighted by molar-refractivity contribution is 5.89. The first-order valence-electron chi connectivity index (χ1n) is 4.50. The maximum Gasteiger partial charge on any atom is 0.341 e. The van der Waals surface area contributed by atoms with Crippen LogP contribution >= 0.6 is 0 Å². The minimum atomic E-state index is -1.08. The minimum Gasteiger partial charge on any atom is -0.480 e. The van der Waals surface area contributed by atoms with Crippen molar-refractivity contribution in [3.8, 4) is 5.75 Å². The molecule has 1 amide bonds.